The van der Waals surface area contributed by atoms with E-state index in [-0.39, 0.29) is 5.56 Å². The fourth-order valence-corrected chi connectivity index (χ4v) is 3.04. The van der Waals surface area contributed by atoms with Crippen molar-refractivity contribution in [2.45, 2.75) is 27.2 Å². The average molecular weight is 349 g/mol. The molecule has 0 aliphatic heterocycles. The first-order chi connectivity index (χ1) is 12.5. The number of ether oxygens (including phenoxy) is 1. The number of H-pyrrole nitrogens is 1. The third-order valence-corrected chi connectivity index (χ3v) is 4.42. The molecule has 2 aromatic carbocycles. The van der Waals surface area contributed by atoms with Crippen molar-refractivity contribution in [1.29, 1.82) is 0 Å². The lowest BCUT2D eigenvalue weighted by atomic mass is 10.1. The van der Waals surface area contributed by atoms with Gasteiger partial charge in [0.2, 0.25) is 0 Å². The smallest absolute Gasteiger partial charge is 0.280 e. The number of aromatic amines is 1. The number of hydrogen-bond acceptors (Lipinski definition) is 3. The molecule has 0 saturated carbocycles. The van der Waals surface area contributed by atoms with Gasteiger partial charge in [0.05, 0.1) is 29.8 Å². The SMILES string of the molecule is CCc1ccccc1N=C(C)c1c(C)[nH]n(-c2ccc(OC)cc2)c1=O. The van der Waals surface area contributed by atoms with Crippen LogP contribution < -0.4 is 10.3 Å². The monoisotopic (exact) mass is 349 g/mol. The van der Waals surface area contributed by atoms with Crippen molar-refractivity contribution < 1.29 is 4.74 Å². The summed E-state index contributed by atoms with van der Waals surface area (Å²) in [4.78, 5) is 17.7. The van der Waals surface area contributed by atoms with Crippen LogP contribution in [-0.4, -0.2) is 22.6 Å². The maximum absolute atomic E-state index is 13.0. The maximum Gasteiger partial charge on any atom is 0.280 e. The molecule has 3 aromatic rings. The van der Waals surface area contributed by atoms with Gasteiger partial charge >= 0.3 is 0 Å². The zero-order valence-corrected chi connectivity index (χ0v) is 15.5. The van der Waals surface area contributed by atoms with Gasteiger partial charge in [0.15, 0.2) is 0 Å². The molecule has 1 aromatic heterocycles. The van der Waals surface area contributed by atoms with E-state index in [2.05, 4.69) is 18.1 Å². The molecule has 0 bridgehead atoms. The van der Waals surface area contributed by atoms with Crippen LogP contribution in [-0.2, 0) is 6.42 Å². The highest BCUT2D eigenvalue weighted by Gasteiger charge is 2.15. The van der Waals surface area contributed by atoms with Crippen LogP contribution in [0.4, 0.5) is 5.69 Å². The largest absolute Gasteiger partial charge is 0.497 e. The maximum atomic E-state index is 13.0. The van der Waals surface area contributed by atoms with Crippen LogP contribution in [0.5, 0.6) is 5.75 Å². The van der Waals surface area contributed by atoms with Gasteiger partial charge in [-0.1, -0.05) is 25.1 Å². The first kappa shape index (κ1) is 17.7. The standard InChI is InChI=1S/C21H23N3O2/c1-5-16-8-6-7-9-19(16)22-14(2)20-15(3)23-24(21(20)25)17-10-12-18(26-4)13-11-17/h6-13,23H,5H2,1-4H3. The molecule has 0 radical (unpaired) electrons. The lowest BCUT2D eigenvalue weighted by Crippen LogP contribution is -2.19. The number of aryl methyl sites for hydroxylation is 2. The van der Waals surface area contributed by atoms with Crippen LogP contribution in [0.1, 0.15) is 30.7 Å². The van der Waals surface area contributed by atoms with Crippen molar-refractivity contribution in [3.8, 4) is 11.4 Å². The first-order valence-corrected chi connectivity index (χ1v) is 8.64. The van der Waals surface area contributed by atoms with Gasteiger partial charge < -0.3 is 4.74 Å². The van der Waals surface area contributed by atoms with E-state index in [4.69, 9.17) is 9.73 Å². The van der Waals surface area contributed by atoms with Crippen LogP contribution in [0, 0.1) is 6.92 Å². The van der Waals surface area contributed by atoms with Gasteiger partial charge in [-0.25, -0.2) is 4.68 Å². The molecule has 0 aliphatic rings. The molecular weight excluding hydrogens is 326 g/mol. The molecule has 0 spiro atoms. The van der Waals surface area contributed by atoms with E-state index in [1.54, 1.807) is 7.11 Å². The molecule has 3 rings (SSSR count). The normalized spacial score (nSPS) is 11.6. The summed E-state index contributed by atoms with van der Waals surface area (Å²) in [5.74, 6) is 0.749. The lowest BCUT2D eigenvalue weighted by molar-refractivity contribution is 0.414. The second-order valence-corrected chi connectivity index (χ2v) is 6.13. The number of benzene rings is 2. The van der Waals surface area contributed by atoms with Gasteiger partial charge in [-0.3, -0.25) is 14.9 Å². The molecule has 0 saturated heterocycles. The predicted octanol–water partition coefficient (Wildman–Crippen LogP) is 4.19. The molecule has 134 valence electrons. The Kier molecular flexibility index (Phi) is 5.07. The molecule has 0 fully saturated rings. The number of aromatic nitrogens is 2. The third-order valence-electron chi connectivity index (χ3n) is 4.42. The Morgan fingerprint density at radius 1 is 1.15 bits per heavy atom. The summed E-state index contributed by atoms with van der Waals surface area (Å²) in [6.45, 7) is 5.87. The number of rotatable bonds is 5. The number of methoxy groups -OCH3 is 1. The van der Waals surface area contributed by atoms with E-state index < -0.39 is 0 Å². The number of aliphatic imine (C=N–C) groups is 1. The quantitative estimate of drug-likeness (QED) is 0.702. The highest BCUT2D eigenvalue weighted by atomic mass is 16.5. The fourth-order valence-electron chi connectivity index (χ4n) is 3.04. The molecule has 26 heavy (non-hydrogen) atoms. The van der Waals surface area contributed by atoms with Gasteiger partial charge in [-0.05, 0) is 56.2 Å². The Balaban J connectivity index is 2.04. The van der Waals surface area contributed by atoms with E-state index in [9.17, 15) is 4.79 Å². The Hall–Kier alpha value is -3.08. The molecular formula is C21H23N3O2. The topological polar surface area (TPSA) is 59.4 Å². The number of para-hydroxylation sites is 1. The molecule has 1 N–H and O–H groups in total. The fraction of sp³-hybridized carbons (Fsp3) is 0.238. The Labute approximate surface area is 153 Å². The Bertz CT molecular complexity index is 995. The number of nitrogens with zero attached hydrogens (tertiary/aromatic N) is 2. The summed E-state index contributed by atoms with van der Waals surface area (Å²) in [7, 11) is 1.62. The van der Waals surface area contributed by atoms with Crippen LogP contribution in [0.15, 0.2) is 58.3 Å². The van der Waals surface area contributed by atoms with Crippen molar-refractivity contribution in [3.05, 3.63) is 75.7 Å². The number of hydrogen-bond donors (Lipinski definition) is 1. The Morgan fingerprint density at radius 3 is 2.50 bits per heavy atom. The van der Waals surface area contributed by atoms with Crippen molar-refractivity contribution >= 4 is 11.4 Å². The van der Waals surface area contributed by atoms with E-state index in [1.165, 1.54) is 4.68 Å². The van der Waals surface area contributed by atoms with E-state index in [0.29, 0.717) is 11.3 Å². The summed E-state index contributed by atoms with van der Waals surface area (Å²) in [6, 6.07) is 15.4. The van der Waals surface area contributed by atoms with Crippen LogP contribution in [0.3, 0.4) is 0 Å². The van der Waals surface area contributed by atoms with Crippen LogP contribution in [0.25, 0.3) is 5.69 Å². The van der Waals surface area contributed by atoms with Crippen molar-refractivity contribution in [3.63, 3.8) is 0 Å². The first-order valence-electron chi connectivity index (χ1n) is 8.64. The van der Waals surface area contributed by atoms with Gasteiger partial charge in [-0.2, -0.15) is 0 Å². The Morgan fingerprint density at radius 2 is 1.85 bits per heavy atom. The minimum atomic E-state index is -0.108. The number of nitrogens with one attached hydrogen (secondary N) is 1. The third kappa shape index (κ3) is 3.33. The second-order valence-electron chi connectivity index (χ2n) is 6.13. The summed E-state index contributed by atoms with van der Waals surface area (Å²) in [5, 5.41) is 3.14. The van der Waals surface area contributed by atoms with E-state index in [0.717, 1.165) is 34.8 Å². The molecule has 1 heterocycles. The lowest BCUT2D eigenvalue weighted by Gasteiger charge is -2.04. The molecule has 0 unspecified atom stereocenters. The molecule has 5 nitrogen and oxygen atoms in total. The minimum absolute atomic E-state index is 0.108. The van der Waals surface area contributed by atoms with E-state index in [1.807, 2.05) is 56.3 Å². The molecule has 0 aliphatic carbocycles. The molecule has 0 atom stereocenters. The summed E-state index contributed by atoms with van der Waals surface area (Å²) in [6.07, 6.45) is 0.898. The summed E-state index contributed by atoms with van der Waals surface area (Å²) < 4.78 is 6.71. The average Bonchev–Trinajstić information content (AvgIpc) is 2.96. The summed E-state index contributed by atoms with van der Waals surface area (Å²) in [5.41, 5.74) is 4.82. The highest BCUT2D eigenvalue weighted by Crippen LogP contribution is 2.21. The summed E-state index contributed by atoms with van der Waals surface area (Å²) >= 11 is 0. The minimum Gasteiger partial charge on any atom is -0.497 e. The van der Waals surface area contributed by atoms with Crippen molar-refractivity contribution in [2.24, 2.45) is 4.99 Å². The zero-order chi connectivity index (χ0) is 18.7. The zero-order valence-electron chi connectivity index (χ0n) is 15.5. The van der Waals surface area contributed by atoms with Crippen LogP contribution in [0.2, 0.25) is 0 Å². The van der Waals surface area contributed by atoms with Gasteiger partial charge in [-0.15, -0.1) is 0 Å². The van der Waals surface area contributed by atoms with E-state index >= 15 is 0 Å². The van der Waals surface area contributed by atoms with Crippen molar-refractivity contribution in [2.75, 3.05) is 7.11 Å². The molecule has 0 amide bonds. The molecule has 5 heteroatoms. The van der Waals surface area contributed by atoms with Gasteiger partial charge in [0, 0.05) is 5.69 Å². The van der Waals surface area contributed by atoms with Gasteiger partial charge in [0.1, 0.15) is 5.75 Å². The van der Waals surface area contributed by atoms with Crippen LogP contribution >= 0.6 is 0 Å². The predicted molar refractivity (Wildman–Crippen MR) is 105 cm³/mol. The highest BCUT2D eigenvalue weighted by molar-refractivity contribution is 6.01. The second kappa shape index (κ2) is 7.44. The van der Waals surface area contributed by atoms with Gasteiger partial charge in [0.25, 0.3) is 5.56 Å². The van der Waals surface area contributed by atoms with Crippen molar-refractivity contribution in [1.82, 2.24) is 9.78 Å².